The van der Waals surface area contributed by atoms with Gasteiger partial charge in [-0.3, -0.25) is 0 Å². The summed E-state index contributed by atoms with van der Waals surface area (Å²) in [7, 11) is -0.489. The van der Waals surface area contributed by atoms with Crippen LogP contribution in [0.4, 0.5) is 0 Å². The van der Waals surface area contributed by atoms with E-state index in [9.17, 15) is 9.90 Å². The number of aryl methyl sites for hydroxylation is 1. The molecular weight excluding hydrogens is 534 g/mol. The van der Waals surface area contributed by atoms with Crippen LogP contribution in [0.5, 0.6) is 0 Å². The number of halogens is 1. The van der Waals surface area contributed by atoms with Crippen molar-refractivity contribution in [1.29, 1.82) is 0 Å². The molecule has 1 aromatic carbocycles. The molecule has 39 heavy (non-hydrogen) atoms. The third-order valence-electron chi connectivity index (χ3n) is 8.31. The van der Waals surface area contributed by atoms with Gasteiger partial charge in [0.15, 0.2) is 8.32 Å². The summed E-state index contributed by atoms with van der Waals surface area (Å²) in [5.41, 5.74) is 4.87. The van der Waals surface area contributed by atoms with Crippen molar-refractivity contribution < 1.29 is 23.8 Å². The zero-order valence-electron chi connectivity index (χ0n) is 24.2. The van der Waals surface area contributed by atoms with Crippen molar-refractivity contribution >= 4 is 36.8 Å². The number of fused-ring (bicyclic) bond motifs is 1. The number of carbonyl (C=O) groups is 1. The average Bonchev–Trinajstić information content (AvgIpc) is 3.43. The van der Waals surface area contributed by atoms with Crippen molar-refractivity contribution in [3.63, 3.8) is 0 Å². The van der Waals surface area contributed by atoms with Gasteiger partial charge >= 0.3 is 5.97 Å². The summed E-state index contributed by atoms with van der Waals surface area (Å²) < 4.78 is 19.4. The Balaban J connectivity index is 1.76. The predicted octanol–water partition coefficient (Wildman–Crippen LogP) is 6.93. The molecular formula is C29H42ClN3O5Si. The van der Waals surface area contributed by atoms with E-state index in [1.165, 1.54) is 7.11 Å². The second-order valence-corrected chi connectivity index (χ2v) is 17.1. The smallest absolute Gasteiger partial charge is 0.354 e. The number of benzene rings is 1. The predicted molar refractivity (Wildman–Crippen MR) is 157 cm³/mol. The Bertz CT molecular complexity index is 1340. The molecule has 0 aliphatic carbocycles. The first-order valence-electron chi connectivity index (χ1n) is 13.8. The number of rotatable bonds is 9. The number of aromatic nitrogens is 3. The number of nitrogens with one attached hydrogen (secondary N) is 1. The van der Waals surface area contributed by atoms with Crippen LogP contribution in [-0.4, -0.2) is 54.5 Å². The molecule has 0 amide bonds. The van der Waals surface area contributed by atoms with Crippen molar-refractivity contribution in [3.8, 4) is 11.1 Å². The minimum atomic E-state index is -1.87. The van der Waals surface area contributed by atoms with Crippen molar-refractivity contribution in [2.75, 3.05) is 20.3 Å². The maximum Gasteiger partial charge on any atom is 0.354 e. The lowest BCUT2D eigenvalue weighted by Gasteiger charge is -2.36. The molecule has 0 saturated carbocycles. The average molecular weight is 576 g/mol. The fourth-order valence-electron chi connectivity index (χ4n) is 5.08. The largest absolute Gasteiger partial charge is 0.464 e. The Morgan fingerprint density at radius 3 is 2.64 bits per heavy atom. The Morgan fingerprint density at radius 2 is 2.03 bits per heavy atom. The first-order valence-corrected chi connectivity index (χ1v) is 17.1. The molecule has 0 bridgehead atoms. The highest BCUT2D eigenvalue weighted by atomic mass is 35.5. The minimum absolute atomic E-state index is 0.131. The fourth-order valence-corrected chi connectivity index (χ4v) is 6.42. The molecule has 0 radical (unpaired) electrons. The number of nitrogens with zero attached hydrogens (tertiary/aromatic N) is 2. The van der Waals surface area contributed by atoms with Gasteiger partial charge in [0.1, 0.15) is 11.9 Å². The van der Waals surface area contributed by atoms with Gasteiger partial charge in [-0.2, -0.15) is 5.10 Å². The Kier molecular flexibility index (Phi) is 8.97. The van der Waals surface area contributed by atoms with E-state index in [0.717, 1.165) is 53.4 Å². The zero-order chi connectivity index (χ0) is 28.5. The quantitative estimate of drug-likeness (QED) is 0.163. The molecule has 1 aliphatic heterocycles. The van der Waals surface area contributed by atoms with Crippen LogP contribution in [0.1, 0.15) is 80.1 Å². The monoisotopic (exact) mass is 575 g/mol. The van der Waals surface area contributed by atoms with E-state index in [4.69, 9.17) is 30.6 Å². The summed E-state index contributed by atoms with van der Waals surface area (Å²) in [6.45, 7) is 14.2. The van der Waals surface area contributed by atoms with E-state index in [-0.39, 0.29) is 17.9 Å². The maximum atomic E-state index is 12.9. The number of hydrogen-bond donors (Lipinski definition) is 2. The van der Waals surface area contributed by atoms with Crippen LogP contribution in [-0.2, 0) is 26.9 Å². The normalized spacial score (nSPS) is 16.7. The lowest BCUT2D eigenvalue weighted by Crippen LogP contribution is -2.41. The van der Waals surface area contributed by atoms with E-state index in [0.29, 0.717) is 41.6 Å². The van der Waals surface area contributed by atoms with E-state index >= 15 is 0 Å². The van der Waals surface area contributed by atoms with E-state index in [2.05, 4.69) is 38.8 Å². The van der Waals surface area contributed by atoms with Gasteiger partial charge < -0.3 is 24.0 Å². The molecule has 3 aromatic rings. The van der Waals surface area contributed by atoms with Crippen LogP contribution in [0.2, 0.25) is 23.2 Å². The summed E-state index contributed by atoms with van der Waals surface area (Å²) >= 11 is 6.83. The Labute approximate surface area is 237 Å². The number of aliphatic hydroxyl groups is 1. The van der Waals surface area contributed by atoms with Crippen molar-refractivity contribution in [3.05, 3.63) is 39.8 Å². The molecule has 1 atom stereocenters. The highest BCUT2D eigenvalue weighted by molar-refractivity contribution is 6.74. The lowest BCUT2D eigenvalue weighted by molar-refractivity contribution is -0.0409. The third-order valence-corrected chi connectivity index (χ3v) is 13.2. The van der Waals surface area contributed by atoms with Gasteiger partial charge in [0, 0.05) is 35.4 Å². The van der Waals surface area contributed by atoms with Crippen molar-refractivity contribution in [2.24, 2.45) is 0 Å². The molecule has 1 fully saturated rings. The Hall–Kier alpha value is -2.17. The number of hydrogen-bond acceptors (Lipinski definition) is 6. The molecule has 4 rings (SSSR count). The standard InChI is InChI=1S/C29H42ClN3O5Si/c1-18-24(22(17-34)32-33(18)23-12-8-9-15-37-23)25-21(30)14-13-20-19(27(28(35)36-5)31-26(20)25)11-10-16-38-39(6,7)29(2,3)4/h13-14,23,31,34H,8-12,15-17H2,1-7H3. The number of aromatic amines is 1. The third kappa shape index (κ3) is 5.83. The summed E-state index contributed by atoms with van der Waals surface area (Å²) in [6, 6.07) is 3.79. The van der Waals surface area contributed by atoms with E-state index in [1.54, 1.807) is 0 Å². The number of ether oxygens (including phenoxy) is 2. The second-order valence-electron chi connectivity index (χ2n) is 11.9. The highest BCUT2D eigenvalue weighted by Crippen LogP contribution is 2.42. The molecule has 1 unspecified atom stereocenters. The SMILES string of the molecule is COC(=O)c1[nH]c2c(-c3c(CO)nn(C4CCCCO4)c3C)c(Cl)ccc2c1CCCO[Si](C)(C)C(C)(C)C. The van der Waals surface area contributed by atoms with Gasteiger partial charge in [-0.15, -0.1) is 0 Å². The maximum absolute atomic E-state index is 12.9. The summed E-state index contributed by atoms with van der Waals surface area (Å²) in [5.74, 6) is -0.431. The molecule has 1 saturated heterocycles. The molecule has 3 heterocycles. The van der Waals surface area contributed by atoms with Crippen molar-refractivity contribution in [2.45, 2.75) is 90.8 Å². The van der Waals surface area contributed by atoms with Gasteiger partial charge in [0.2, 0.25) is 0 Å². The highest BCUT2D eigenvalue weighted by Gasteiger charge is 2.37. The van der Waals surface area contributed by atoms with Crippen LogP contribution < -0.4 is 0 Å². The van der Waals surface area contributed by atoms with Crippen LogP contribution in [0.25, 0.3) is 22.0 Å². The summed E-state index contributed by atoms with van der Waals surface area (Å²) in [6.07, 6.45) is 4.18. The molecule has 214 valence electrons. The van der Waals surface area contributed by atoms with Crippen LogP contribution in [0.15, 0.2) is 12.1 Å². The lowest BCUT2D eigenvalue weighted by atomic mass is 9.98. The minimum Gasteiger partial charge on any atom is -0.464 e. The van der Waals surface area contributed by atoms with Crippen LogP contribution in [0.3, 0.4) is 0 Å². The number of aliphatic hydroxyl groups excluding tert-OH is 1. The van der Waals surface area contributed by atoms with Gasteiger partial charge in [-0.1, -0.05) is 38.4 Å². The van der Waals surface area contributed by atoms with E-state index < -0.39 is 14.3 Å². The van der Waals surface area contributed by atoms with Gasteiger partial charge in [-0.25, -0.2) is 9.48 Å². The number of esters is 1. The first-order chi connectivity index (χ1) is 18.4. The van der Waals surface area contributed by atoms with Gasteiger partial charge in [-0.05, 0) is 68.8 Å². The van der Waals surface area contributed by atoms with Crippen molar-refractivity contribution in [1.82, 2.24) is 14.8 Å². The first kappa shape index (κ1) is 29.8. The number of carbonyl (C=O) groups excluding carboxylic acids is 1. The molecule has 0 spiro atoms. The molecule has 2 aromatic heterocycles. The Morgan fingerprint density at radius 1 is 1.28 bits per heavy atom. The fraction of sp³-hybridized carbons (Fsp3) is 0.586. The molecule has 1 aliphatic rings. The van der Waals surface area contributed by atoms with Crippen LogP contribution in [0, 0.1) is 6.92 Å². The van der Waals surface area contributed by atoms with Gasteiger partial charge in [0.25, 0.3) is 0 Å². The topological polar surface area (TPSA) is 98.6 Å². The summed E-state index contributed by atoms with van der Waals surface area (Å²) in [4.78, 5) is 16.2. The van der Waals surface area contributed by atoms with E-state index in [1.807, 2.05) is 23.7 Å². The van der Waals surface area contributed by atoms with Gasteiger partial charge in [0.05, 0.1) is 29.9 Å². The number of H-pyrrole nitrogens is 1. The summed E-state index contributed by atoms with van der Waals surface area (Å²) in [5, 5.41) is 16.5. The number of methoxy groups -OCH3 is 1. The van der Waals surface area contributed by atoms with Crippen LogP contribution >= 0.6 is 11.6 Å². The molecule has 8 nitrogen and oxygen atoms in total. The molecule has 2 N–H and O–H groups in total. The molecule has 10 heteroatoms. The zero-order valence-corrected chi connectivity index (χ0v) is 26.0. The second kappa shape index (κ2) is 11.7.